The molecule has 0 spiro atoms. The second-order valence-corrected chi connectivity index (χ2v) is 12.3. The molecule has 2 aromatic heterocycles. The zero-order chi connectivity index (χ0) is 43.4. The first-order valence-corrected chi connectivity index (χ1v) is 18.6. The minimum Gasteiger partial charge on any atom is -0.475 e. The summed E-state index contributed by atoms with van der Waals surface area (Å²) in [6, 6.07) is 24.0. The van der Waals surface area contributed by atoms with Crippen molar-refractivity contribution in [1.82, 2.24) is 20.6 Å². The maximum Gasteiger partial charge on any atom is 0.273 e. The number of carbonyl (C=O) groups excluding carboxylic acids is 2. The molecule has 320 valence electrons. The van der Waals surface area contributed by atoms with Crippen molar-refractivity contribution in [2.75, 3.05) is 54.7 Å². The van der Waals surface area contributed by atoms with Crippen molar-refractivity contribution in [2.45, 2.75) is 53.1 Å². The molecule has 0 fully saturated rings. The molecule has 0 saturated carbocycles. The summed E-state index contributed by atoms with van der Waals surface area (Å²) >= 11 is 0. The van der Waals surface area contributed by atoms with Gasteiger partial charge in [-0.2, -0.15) is 14.4 Å². The number of aliphatic hydroxyl groups is 1. The Bertz CT molecular complexity index is 1910. The molecule has 4 rings (SSSR count). The van der Waals surface area contributed by atoms with E-state index < -0.39 is 5.95 Å². The van der Waals surface area contributed by atoms with Gasteiger partial charge in [0.1, 0.15) is 34.0 Å². The molecule has 0 saturated heterocycles. The van der Waals surface area contributed by atoms with Crippen LogP contribution in [0.4, 0.5) is 4.39 Å². The van der Waals surface area contributed by atoms with E-state index in [0.29, 0.717) is 48.3 Å². The number of hydrogen-bond acceptors (Lipinski definition) is 14. The molecule has 17 heteroatoms. The van der Waals surface area contributed by atoms with Crippen LogP contribution < -0.4 is 24.8 Å². The molecule has 0 aliphatic carbocycles. The standard InChI is InChI=1S/C21H27N3O5.C16H16FN3O3.C5H12O2/c1-15(2)27-12-13-28-18-10-7-11-19(23-18)29-14-16-8-5-6-9-17(16)20(24-26-4)21(25)22-3;1-18-16(21)15(20-22-2)12-7-4-3-6-11(12)10-23-14-9-5-8-13(17)19-14;1-5(2)7-4-3-6/h5-11,15H,12-14H2,1-4H3,(H,22,25);3-9H,10H2,1-2H3,(H,18,21);5-6H,3-4H2,1-2H3/b24-20+;20-15+;. The number of aliphatic hydroxyl groups excluding tert-OH is 1. The fourth-order valence-corrected chi connectivity index (χ4v) is 4.65. The third-order valence-corrected chi connectivity index (χ3v) is 7.26. The third-order valence-electron chi connectivity index (χ3n) is 7.26. The van der Waals surface area contributed by atoms with E-state index in [2.05, 4.69) is 30.9 Å². The Morgan fingerprint density at radius 1 is 0.627 bits per heavy atom. The lowest BCUT2D eigenvalue weighted by atomic mass is 10.0. The number of nitrogens with zero attached hydrogens (tertiary/aromatic N) is 4. The summed E-state index contributed by atoms with van der Waals surface area (Å²) in [7, 11) is 5.79. The molecule has 59 heavy (non-hydrogen) atoms. The summed E-state index contributed by atoms with van der Waals surface area (Å²) in [4.78, 5) is 41.6. The number of hydrogen-bond donors (Lipinski definition) is 3. The summed E-state index contributed by atoms with van der Waals surface area (Å²) in [6.45, 7) is 9.59. The first-order chi connectivity index (χ1) is 28.5. The molecule has 0 aliphatic heterocycles. The predicted molar refractivity (Wildman–Crippen MR) is 220 cm³/mol. The van der Waals surface area contributed by atoms with Crippen LogP contribution in [0.2, 0.25) is 0 Å². The third kappa shape index (κ3) is 18.8. The van der Waals surface area contributed by atoms with Crippen LogP contribution in [0.25, 0.3) is 0 Å². The number of rotatable bonds is 20. The van der Waals surface area contributed by atoms with Crippen LogP contribution >= 0.6 is 0 Å². The molecule has 0 unspecified atom stereocenters. The van der Waals surface area contributed by atoms with Gasteiger partial charge in [0.15, 0.2) is 11.4 Å². The van der Waals surface area contributed by atoms with Crippen LogP contribution in [0.15, 0.2) is 95.2 Å². The number of pyridine rings is 2. The molecule has 16 nitrogen and oxygen atoms in total. The lowest BCUT2D eigenvalue weighted by molar-refractivity contribution is -0.115. The lowest BCUT2D eigenvalue weighted by Gasteiger charge is -2.12. The number of ether oxygens (including phenoxy) is 5. The highest BCUT2D eigenvalue weighted by molar-refractivity contribution is 6.46. The molecule has 0 bridgehead atoms. The van der Waals surface area contributed by atoms with Gasteiger partial charge < -0.3 is 49.1 Å². The van der Waals surface area contributed by atoms with Crippen molar-refractivity contribution in [3.05, 3.63) is 113 Å². The smallest absolute Gasteiger partial charge is 0.273 e. The van der Waals surface area contributed by atoms with Crippen molar-refractivity contribution in [1.29, 1.82) is 0 Å². The summed E-state index contributed by atoms with van der Waals surface area (Å²) < 4.78 is 40.3. The normalized spacial score (nSPS) is 11.1. The lowest BCUT2D eigenvalue weighted by Crippen LogP contribution is -2.29. The van der Waals surface area contributed by atoms with Gasteiger partial charge in [0.05, 0.1) is 32.0 Å². The van der Waals surface area contributed by atoms with Crippen molar-refractivity contribution in [3.8, 4) is 17.6 Å². The van der Waals surface area contributed by atoms with Crippen LogP contribution in [-0.4, -0.2) is 105 Å². The molecular formula is C42H55FN6O10. The summed E-state index contributed by atoms with van der Waals surface area (Å²) in [5.41, 5.74) is 2.94. The van der Waals surface area contributed by atoms with E-state index in [-0.39, 0.29) is 61.1 Å². The van der Waals surface area contributed by atoms with E-state index in [1.807, 2.05) is 45.9 Å². The van der Waals surface area contributed by atoms with E-state index >= 15 is 0 Å². The number of amides is 2. The van der Waals surface area contributed by atoms with Gasteiger partial charge in [-0.15, -0.1) is 0 Å². The average Bonchev–Trinajstić information content (AvgIpc) is 3.24. The summed E-state index contributed by atoms with van der Waals surface area (Å²) in [5.74, 6) is -0.338. The van der Waals surface area contributed by atoms with Crippen molar-refractivity contribution < 1.29 is 52.4 Å². The molecule has 2 aromatic carbocycles. The number of nitrogens with one attached hydrogen (secondary N) is 2. The molecule has 0 radical (unpaired) electrons. The van der Waals surface area contributed by atoms with Gasteiger partial charge >= 0.3 is 0 Å². The monoisotopic (exact) mass is 822 g/mol. The van der Waals surface area contributed by atoms with Crippen molar-refractivity contribution in [3.63, 3.8) is 0 Å². The van der Waals surface area contributed by atoms with E-state index in [4.69, 9.17) is 38.5 Å². The number of halogens is 1. The number of likely N-dealkylation sites (N-methyl/N-ethyl adjacent to an activating group) is 2. The molecule has 0 atom stereocenters. The number of carbonyl (C=O) groups is 2. The highest BCUT2D eigenvalue weighted by atomic mass is 19.1. The summed E-state index contributed by atoms with van der Waals surface area (Å²) in [5, 5.41) is 20.9. The Hall–Kier alpha value is -6.17. The molecule has 4 aromatic rings. The van der Waals surface area contributed by atoms with Crippen LogP contribution in [0.1, 0.15) is 49.9 Å². The van der Waals surface area contributed by atoms with Gasteiger partial charge in [-0.05, 0) is 44.9 Å². The highest BCUT2D eigenvalue weighted by Crippen LogP contribution is 2.18. The van der Waals surface area contributed by atoms with Crippen LogP contribution in [0.5, 0.6) is 17.6 Å². The van der Waals surface area contributed by atoms with Crippen molar-refractivity contribution in [2.24, 2.45) is 10.3 Å². The van der Waals surface area contributed by atoms with Gasteiger partial charge in [-0.25, -0.2) is 0 Å². The van der Waals surface area contributed by atoms with E-state index in [1.54, 1.807) is 54.6 Å². The fraction of sp³-hybridized carbons (Fsp3) is 0.381. The number of aromatic nitrogens is 2. The first kappa shape index (κ1) is 49.0. The Kier molecular flexibility index (Phi) is 23.5. The first-order valence-electron chi connectivity index (χ1n) is 18.6. The van der Waals surface area contributed by atoms with E-state index in [1.165, 1.54) is 40.4 Å². The van der Waals surface area contributed by atoms with Gasteiger partial charge in [-0.1, -0.05) is 71.0 Å². The maximum atomic E-state index is 13.1. The molecule has 2 heterocycles. The Labute approximate surface area is 344 Å². The average molecular weight is 823 g/mol. The zero-order valence-corrected chi connectivity index (χ0v) is 34.8. The number of oxime groups is 2. The van der Waals surface area contributed by atoms with Crippen LogP contribution in [0.3, 0.4) is 0 Å². The zero-order valence-electron chi connectivity index (χ0n) is 34.8. The quantitative estimate of drug-likeness (QED) is 0.0475. The minimum atomic E-state index is -0.622. The molecule has 3 N–H and O–H groups in total. The second kappa shape index (κ2) is 28.3. The fourth-order valence-electron chi connectivity index (χ4n) is 4.65. The Morgan fingerprint density at radius 2 is 1.07 bits per heavy atom. The predicted octanol–water partition coefficient (Wildman–Crippen LogP) is 4.86. The topological polar surface area (TPSA) is 194 Å². The second-order valence-electron chi connectivity index (χ2n) is 12.3. The van der Waals surface area contributed by atoms with Gasteiger partial charge in [0.2, 0.25) is 23.6 Å². The minimum absolute atomic E-state index is 0.104. The Balaban J connectivity index is 0.000000356. The van der Waals surface area contributed by atoms with Gasteiger partial charge in [0.25, 0.3) is 11.8 Å². The molecule has 0 aliphatic rings. The van der Waals surface area contributed by atoms with Crippen LogP contribution in [0, 0.1) is 5.95 Å². The van der Waals surface area contributed by atoms with E-state index in [9.17, 15) is 14.0 Å². The van der Waals surface area contributed by atoms with E-state index in [0.717, 1.165) is 5.56 Å². The SMILES string of the molecule is CC(C)OCCO.CNC(=O)/C(=N/OC)c1ccccc1COc1cccc(F)n1.CNC(=O)/C(=N/OC)c1ccccc1COc1cccc(OCCOC(C)C)n1. The molecular weight excluding hydrogens is 767 g/mol. The Morgan fingerprint density at radius 3 is 1.49 bits per heavy atom. The highest BCUT2D eigenvalue weighted by Gasteiger charge is 2.19. The molecule has 2 amide bonds. The van der Waals surface area contributed by atoms with Gasteiger partial charge in [0, 0.05) is 43.4 Å². The van der Waals surface area contributed by atoms with Gasteiger partial charge in [-0.3, -0.25) is 9.59 Å². The summed E-state index contributed by atoms with van der Waals surface area (Å²) in [6.07, 6.45) is 0.398. The van der Waals surface area contributed by atoms with Crippen molar-refractivity contribution >= 4 is 23.2 Å². The van der Waals surface area contributed by atoms with Crippen LogP contribution in [-0.2, 0) is 42.0 Å². The number of benzene rings is 2. The maximum absolute atomic E-state index is 13.1. The largest absolute Gasteiger partial charge is 0.475 e.